The molecule has 0 aliphatic heterocycles. The zero-order valence-corrected chi connectivity index (χ0v) is 19.6. The van der Waals surface area contributed by atoms with E-state index in [0.29, 0.717) is 16.4 Å². The Morgan fingerprint density at radius 3 is 2.42 bits per heavy atom. The standard InChI is InChI=1S/C28H25NO3S/c1-18(2)23-16-22-8-5-13-29-27(22)25(17-23)21-7-4-6-19(14-21)15-26(28(30)31)20-9-11-24(12-10-20)33(3)32/h4-18H,1-3H3,(H,30,31)/b26-15-. The normalized spacial score (nSPS) is 12.8. The van der Waals surface area contributed by atoms with Crippen molar-refractivity contribution in [2.45, 2.75) is 24.7 Å². The third kappa shape index (κ3) is 4.94. The number of aliphatic carboxylic acids is 1. The van der Waals surface area contributed by atoms with Crippen LogP contribution >= 0.6 is 0 Å². The van der Waals surface area contributed by atoms with Gasteiger partial charge in [0.05, 0.1) is 11.1 Å². The molecule has 4 aromatic rings. The Morgan fingerprint density at radius 1 is 1.00 bits per heavy atom. The molecule has 0 bridgehead atoms. The van der Waals surface area contributed by atoms with Gasteiger partial charge in [-0.25, -0.2) is 4.79 Å². The minimum Gasteiger partial charge on any atom is -0.478 e. The number of pyridine rings is 1. The van der Waals surface area contributed by atoms with Crippen LogP contribution in [0.1, 0.15) is 36.5 Å². The van der Waals surface area contributed by atoms with Gasteiger partial charge in [-0.3, -0.25) is 9.19 Å². The number of carboxylic acid groups (broad SMARTS) is 1. The fourth-order valence-electron chi connectivity index (χ4n) is 3.83. The molecule has 0 saturated heterocycles. The van der Waals surface area contributed by atoms with E-state index >= 15 is 0 Å². The highest BCUT2D eigenvalue weighted by atomic mass is 32.2. The maximum absolute atomic E-state index is 12.0. The summed E-state index contributed by atoms with van der Waals surface area (Å²) in [7, 11) is -1.11. The smallest absolute Gasteiger partial charge is 0.336 e. The highest BCUT2D eigenvalue weighted by Crippen LogP contribution is 2.32. The van der Waals surface area contributed by atoms with Crippen LogP contribution in [-0.2, 0) is 15.6 Å². The first-order valence-electron chi connectivity index (χ1n) is 10.7. The quantitative estimate of drug-likeness (QED) is 0.270. The molecule has 0 radical (unpaired) electrons. The SMILES string of the molecule is CC(C)c1cc(-c2cccc(/C=C(\C(=O)O)c3ccc(S(C)=O)cc3)c2)c2ncccc2c1. The minimum absolute atomic E-state index is 0.180. The number of aromatic nitrogens is 1. The lowest BCUT2D eigenvalue weighted by Gasteiger charge is -2.13. The molecule has 0 saturated carbocycles. The summed E-state index contributed by atoms with van der Waals surface area (Å²) in [6, 6.07) is 23.0. The summed E-state index contributed by atoms with van der Waals surface area (Å²) in [6.45, 7) is 4.33. The number of nitrogens with zero attached hydrogens (tertiary/aromatic N) is 1. The van der Waals surface area contributed by atoms with Crippen LogP contribution < -0.4 is 0 Å². The maximum Gasteiger partial charge on any atom is 0.336 e. The Labute approximate surface area is 196 Å². The molecule has 0 aliphatic carbocycles. The Kier molecular flexibility index (Phi) is 6.52. The van der Waals surface area contributed by atoms with Crippen LogP contribution in [0.5, 0.6) is 0 Å². The zero-order chi connectivity index (χ0) is 23.5. The summed E-state index contributed by atoms with van der Waals surface area (Å²) in [4.78, 5) is 17.3. The fraction of sp³-hybridized carbons (Fsp3) is 0.143. The van der Waals surface area contributed by atoms with Gasteiger partial charge in [0.25, 0.3) is 0 Å². The summed E-state index contributed by atoms with van der Waals surface area (Å²) in [5.41, 5.74) is 5.69. The Morgan fingerprint density at radius 2 is 1.76 bits per heavy atom. The van der Waals surface area contributed by atoms with E-state index in [1.807, 2.05) is 30.3 Å². The Balaban J connectivity index is 1.81. The van der Waals surface area contributed by atoms with Crippen molar-refractivity contribution in [3.63, 3.8) is 0 Å². The second-order valence-corrected chi connectivity index (χ2v) is 9.65. The van der Waals surface area contributed by atoms with Crippen LogP contribution in [0.25, 0.3) is 33.7 Å². The van der Waals surface area contributed by atoms with Crippen LogP contribution in [0, 0.1) is 0 Å². The number of carboxylic acids is 1. The molecule has 1 heterocycles. The second-order valence-electron chi connectivity index (χ2n) is 8.27. The first-order chi connectivity index (χ1) is 15.8. The van der Waals surface area contributed by atoms with Crippen molar-refractivity contribution < 1.29 is 14.1 Å². The Hall–Kier alpha value is -3.57. The van der Waals surface area contributed by atoms with Crippen molar-refractivity contribution in [1.82, 2.24) is 4.98 Å². The largest absolute Gasteiger partial charge is 0.478 e. The molecular weight excluding hydrogens is 430 g/mol. The lowest BCUT2D eigenvalue weighted by Crippen LogP contribution is -2.00. The van der Waals surface area contributed by atoms with Gasteiger partial charge in [-0.15, -0.1) is 0 Å². The van der Waals surface area contributed by atoms with E-state index in [-0.39, 0.29) is 5.57 Å². The van der Waals surface area contributed by atoms with E-state index in [1.54, 1.807) is 42.8 Å². The van der Waals surface area contributed by atoms with Gasteiger partial charge >= 0.3 is 5.97 Å². The molecular formula is C28H25NO3S. The van der Waals surface area contributed by atoms with Crippen molar-refractivity contribution in [3.8, 4) is 11.1 Å². The maximum atomic E-state index is 12.0. The van der Waals surface area contributed by atoms with Crippen LogP contribution in [0.2, 0.25) is 0 Å². The molecule has 0 fully saturated rings. The van der Waals surface area contributed by atoms with Crippen molar-refractivity contribution in [2.75, 3.05) is 6.26 Å². The number of hydrogen-bond donors (Lipinski definition) is 1. The van der Waals surface area contributed by atoms with Crippen molar-refractivity contribution in [2.24, 2.45) is 0 Å². The van der Waals surface area contributed by atoms with Crippen LogP contribution in [0.3, 0.4) is 0 Å². The van der Waals surface area contributed by atoms with E-state index in [1.165, 1.54) is 5.56 Å². The van der Waals surface area contributed by atoms with Crippen molar-refractivity contribution in [3.05, 3.63) is 95.7 Å². The summed E-state index contributed by atoms with van der Waals surface area (Å²) < 4.78 is 11.7. The average Bonchev–Trinajstić information content (AvgIpc) is 2.82. The predicted molar refractivity (Wildman–Crippen MR) is 136 cm³/mol. The first kappa shape index (κ1) is 22.6. The number of hydrogen-bond acceptors (Lipinski definition) is 3. The van der Waals surface area contributed by atoms with Crippen molar-refractivity contribution >= 4 is 39.3 Å². The van der Waals surface area contributed by atoms with E-state index in [9.17, 15) is 14.1 Å². The molecule has 1 N–H and O–H groups in total. The third-order valence-electron chi connectivity index (χ3n) is 5.63. The highest BCUT2D eigenvalue weighted by Gasteiger charge is 2.13. The summed E-state index contributed by atoms with van der Waals surface area (Å²) in [5.74, 6) is -0.643. The molecule has 1 atom stereocenters. The monoisotopic (exact) mass is 455 g/mol. The fourth-order valence-corrected chi connectivity index (χ4v) is 4.35. The molecule has 3 aromatic carbocycles. The molecule has 166 valence electrons. The Bertz CT molecular complexity index is 1390. The summed E-state index contributed by atoms with van der Waals surface area (Å²) in [6.07, 6.45) is 5.06. The van der Waals surface area contributed by atoms with Gasteiger partial charge in [-0.1, -0.05) is 50.2 Å². The van der Waals surface area contributed by atoms with Gasteiger partial charge in [0.15, 0.2) is 0 Å². The van der Waals surface area contributed by atoms with Gasteiger partial charge < -0.3 is 5.11 Å². The van der Waals surface area contributed by atoms with Gasteiger partial charge in [0.1, 0.15) is 0 Å². The molecule has 5 heteroatoms. The summed E-state index contributed by atoms with van der Waals surface area (Å²) in [5, 5.41) is 10.9. The number of rotatable bonds is 6. The van der Waals surface area contributed by atoms with Crippen LogP contribution in [0.15, 0.2) is 83.9 Å². The molecule has 0 spiro atoms. The van der Waals surface area contributed by atoms with E-state index in [2.05, 4.69) is 37.0 Å². The number of benzene rings is 3. The van der Waals surface area contributed by atoms with Gasteiger partial charge in [-0.05, 0) is 70.6 Å². The second kappa shape index (κ2) is 9.51. The van der Waals surface area contributed by atoms with E-state index in [4.69, 9.17) is 0 Å². The first-order valence-corrected chi connectivity index (χ1v) is 12.3. The minimum atomic E-state index is -1.11. The lowest BCUT2D eigenvalue weighted by molar-refractivity contribution is -0.130. The van der Waals surface area contributed by atoms with E-state index < -0.39 is 16.8 Å². The molecule has 1 unspecified atom stereocenters. The molecule has 33 heavy (non-hydrogen) atoms. The zero-order valence-electron chi connectivity index (χ0n) is 18.8. The van der Waals surface area contributed by atoms with Gasteiger partial charge in [-0.2, -0.15) is 0 Å². The number of fused-ring (bicyclic) bond motifs is 1. The lowest BCUT2D eigenvalue weighted by atomic mass is 9.93. The molecule has 0 aliphatic rings. The summed E-state index contributed by atoms with van der Waals surface area (Å²) >= 11 is 0. The third-order valence-corrected chi connectivity index (χ3v) is 6.57. The molecule has 1 aromatic heterocycles. The molecule has 4 rings (SSSR count). The molecule has 0 amide bonds. The van der Waals surface area contributed by atoms with Gasteiger partial charge in [0, 0.05) is 39.1 Å². The van der Waals surface area contributed by atoms with Crippen molar-refractivity contribution in [1.29, 1.82) is 0 Å². The average molecular weight is 456 g/mol. The predicted octanol–water partition coefficient (Wildman–Crippen LogP) is 6.39. The molecule has 4 nitrogen and oxygen atoms in total. The van der Waals surface area contributed by atoms with Gasteiger partial charge in [0.2, 0.25) is 0 Å². The topological polar surface area (TPSA) is 67.3 Å². The highest BCUT2D eigenvalue weighted by molar-refractivity contribution is 7.84. The van der Waals surface area contributed by atoms with E-state index in [0.717, 1.165) is 27.6 Å². The number of carbonyl (C=O) groups is 1. The van der Waals surface area contributed by atoms with Crippen LogP contribution in [-0.4, -0.2) is 26.5 Å². The van der Waals surface area contributed by atoms with Crippen LogP contribution in [0.4, 0.5) is 0 Å².